The van der Waals surface area contributed by atoms with Gasteiger partial charge in [0.05, 0.1) is 6.10 Å². The highest BCUT2D eigenvalue weighted by atomic mass is 16.4. The standard InChI is InChI=1S/C17H28O3/c1-2-3-4-10-13-16(18)14-11-8-6-5-7-9-12-15-17(19)20/h5-6,8,10-11,13,16,18H,2-4,7,9,12,14-15H2,1H3,(H,19,20)/b6-5-,11-8-,13-10+. The number of carbonyl (C=O) groups is 1. The van der Waals surface area contributed by atoms with Crippen molar-refractivity contribution in [2.24, 2.45) is 0 Å². The van der Waals surface area contributed by atoms with E-state index in [2.05, 4.69) is 6.92 Å². The van der Waals surface area contributed by atoms with Gasteiger partial charge in [-0.05, 0) is 32.1 Å². The van der Waals surface area contributed by atoms with Crippen molar-refractivity contribution < 1.29 is 15.0 Å². The molecule has 0 amide bonds. The number of rotatable bonds is 12. The van der Waals surface area contributed by atoms with E-state index in [1.165, 1.54) is 12.8 Å². The maximum atomic E-state index is 10.3. The third-order valence-corrected chi connectivity index (χ3v) is 2.85. The van der Waals surface area contributed by atoms with Crippen LogP contribution < -0.4 is 0 Å². The Morgan fingerprint density at radius 3 is 2.45 bits per heavy atom. The highest BCUT2D eigenvalue weighted by molar-refractivity contribution is 5.66. The average Bonchev–Trinajstić information content (AvgIpc) is 2.41. The highest BCUT2D eigenvalue weighted by Crippen LogP contribution is 2.02. The first-order valence-electron chi connectivity index (χ1n) is 7.55. The molecule has 0 aromatic carbocycles. The van der Waals surface area contributed by atoms with Crippen LogP contribution in [0.5, 0.6) is 0 Å². The number of hydrogen-bond acceptors (Lipinski definition) is 2. The molecule has 3 heteroatoms. The summed E-state index contributed by atoms with van der Waals surface area (Å²) in [6.07, 6.45) is 18.2. The van der Waals surface area contributed by atoms with Gasteiger partial charge in [-0.2, -0.15) is 0 Å². The van der Waals surface area contributed by atoms with Crippen LogP contribution in [0.3, 0.4) is 0 Å². The molecular formula is C17H28O3. The Morgan fingerprint density at radius 1 is 1.05 bits per heavy atom. The zero-order valence-electron chi connectivity index (χ0n) is 12.5. The van der Waals surface area contributed by atoms with Gasteiger partial charge in [-0.1, -0.05) is 56.2 Å². The fourth-order valence-corrected chi connectivity index (χ4v) is 1.66. The summed E-state index contributed by atoms with van der Waals surface area (Å²) in [7, 11) is 0. The Kier molecular flexibility index (Phi) is 13.1. The van der Waals surface area contributed by atoms with Crippen molar-refractivity contribution in [3.63, 3.8) is 0 Å². The fourth-order valence-electron chi connectivity index (χ4n) is 1.66. The molecule has 2 N–H and O–H groups in total. The van der Waals surface area contributed by atoms with E-state index in [1.807, 2.05) is 36.5 Å². The lowest BCUT2D eigenvalue weighted by Gasteiger charge is -1.99. The number of aliphatic hydroxyl groups excluding tert-OH is 1. The Hall–Kier alpha value is -1.35. The predicted octanol–water partition coefficient (Wildman–Crippen LogP) is 4.24. The van der Waals surface area contributed by atoms with Gasteiger partial charge in [0, 0.05) is 6.42 Å². The monoisotopic (exact) mass is 280 g/mol. The van der Waals surface area contributed by atoms with E-state index in [4.69, 9.17) is 5.11 Å². The van der Waals surface area contributed by atoms with Gasteiger partial charge in [0.15, 0.2) is 0 Å². The number of aliphatic hydroxyl groups is 1. The minimum atomic E-state index is -0.727. The molecule has 1 unspecified atom stereocenters. The van der Waals surface area contributed by atoms with E-state index in [9.17, 15) is 9.90 Å². The number of carboxylic acids is 1. The van der Waals surface area contributed by atoms with Gasteiger partial charge >= 0.3 is 5.97 Å². The van der Waals surface area contributed by atoms with Crippen molar-refractivity contribution in [1.29, 1.82) is 0 Å². The van der Waals surface area contributed by atoms with E-state index in [-0.39, 0.29) is 6.42 Å². The smallest absolute Gasteiger partial charge is 0.303 e. The molecule has 0 spiro atoms. The zero-order valence-corrected chi connectivity index (χ0v) is 12.5. The molecule has 1 atom stereocenters. The SMILES string of the molecule is CCCC/C=C/C(O)C/C=C\C=C/CCCCC(=O)O. The zero-order chi connectivity index (χ0) is 15.1. The van der Waals surface area contributed by atoms with E-state index in [0.717, 1.165) is 25.7 Å². The molecule has 0 radical (unpaired) electrons. The Bertz CT molecular complexity index is 316. The molecule has 3 nitrogen and oxygen atoms in total. The van der Waals surface area contributed by atoms with Crippen LogP contribution in [0.15, 0.2) is 36.5 Å². The van der Waals surface area contributed by atoms with Crippen LogP contribution in [-0.4, -0.2) is 22.3 Å². The van der Waals surface area contributed by atoms with Crippen LogP contribution >= 0.6 is 0 Å². The van der Waals surface area contributed by atoms with Gasteiger partial charge in [0.1, 0.15) is 0 Å². The molecule has 0 heterocycles. The summed E-state index contributed by atoms with van der Waals surface area (Å²) < 4.78 is 0. The Morgan fingerprint density at radius 2 is 1.75 bits per heavy atom. The van der Waals surface area contributed by atoms with Gasteiger partial charge in [0.25, 0.3) is 0 Å². The van der Waals surface area contributed by atoms with Crippen LogP contribution in [0, 0.1) is 0 Å². The summed E-state index contributed by atoms with van der Waals surface area (Å²) >= 11 is 0. The van der Waals surface area contributed by atoms with Crippen molar-refractivity contribution in [3.8, 4) is 0 Å². The quantitative estimate of drug-likeness (QED) is 0.319. The minimum Gasteiger partial charge on any atom is -0.481 e. The molecule has 0 rings (SSSR count). The van der Waals surface area contributed by atoms with Crippen LogP contribution in [0.2, 0.25) is 0 Å². The molecule has 0 aromatic rings. The molecule has 0 fully saturated rings. The molecule has 114 valence electrons. The lowest BCUT2D eigenvalue weighted by molar-refractivity contribution is -0.137. The van der Waals surface area contributed by atoms with Crippen molar-refractivity contribution in [1.82, 2.24) is 0 Å². The van der Waals surface area contributed by atoms with Gasteiger partial charge < -0.3 is 10.2 Å². The molecule has 0 aliphatic heterocycles. The predicted molar refractivity (Wildman–Crippen MR) is 83.7 cm³/mol. The van der Waals surface area contributed by atoms with E-state index in [0.29, 0.717) is 6.42 Å². The molecule has 0 aliphatic carbocycles. The van der Waals surface area contributed by atoms with Gasteiger partial charge in [-0.15, -0.1) is 0 Å². The summed E-state index contributed by atoms with van der Waals surface area (Å²) in [6, 6.07) is 0. The number of allylic oxidation sites excluding steroid dienone is 4. The largest absolute Gasteiger partial charge is 0.481 e. The number of aliphatic carboxylic acids is 1. The lowest BCUT2D eigenvalue weighted by Crippen LogP contribution is -1.98. The fraction of sp³-hybridized carbons (Fsp3) is 0.588. The third kappa shape index (κ3) is 14.7. The summed E-state index contributed by atoms with van der Waals surface area (Å²) in [5.41, 5.74) is 0. The number of hydrogen-bond donors (Lipinski definition) is 2. The van der Waals surface area contributed by atoms with Crippen LogP contribution in [-0.2, 0) is 4.79 Å². The Labute approximate surface area is 122 Å². The third-order valence-electron chi connectivity index (χ3n) is 2.85. The normalized spacial score (nSPS) is 13.7. The van der Waals surface area contributed by atoms with Gasteiger partial charge in [-0.25, -0.2) is 0 Å². The average molecular weight is 280 g/mol. The summed E-state index contributed by atoms with van der Waals surface area (Å²) in [6.45, 7) is 2.15. The van der Waals surface area contributed by atoms with Crippen LogP contribution in [0.4, 0.5) is 0 Å². The first-order valence-corrected chi connectivity index (χ1v) is 7.55. The van der Waals surface area contributed by atoms with Crippen molar-refractivity contribution in [2.45, 2.75) is 64.4 Å². The van der Waals surface area contributed by atoms with E-state index >= 15 is 0 Å². The maximum Gasteiger partial charge on any atom is 0.303 e. The van der Waals surface area contributed by atoms with Crippen LogP contribution in [0.1, 0.15) is 58.3 Å². The summed E-state index contributed by atoms with van der Waals surface area (Å²) in [5.74, 6) is -0.727. The van der Waals surface area contributed by atoms with Gasteiger partial charge in [0.2, 0.25) is 0 Å². The second-order valence-corrected chi connectivity index (χ2v) is 4.87. The van der Waals surface area contributed by atoms with E-state index in [1.54, 1.807) is 0 Å². The van der Waals surface area contributed by atoms with Gasteiger partial charge in [-0.3, -0.25) is 4.79 Å². The first kappa shape index (κ1) is 18.7. The molecule has 20 heavy (non-hydrogen) atoms. The summed E-state index contributed by atoms with van der Waals surface area (Å²) in [5, 5.41) is 18.1. The molecule has 0 saturated carbocycles. The second-order valence-electron chi connectivity index (χ2n) is 4.87. The van der Waals surface area contributed by atoms with Crippen molar-refractivity contribution in [2.75, 3.05) is 0 Å². The van der Waals surface area contributed by atoms with Crippen LogP contribution in [0.25, 0.3) is 0 Å². The maximum absolute atomic E-state index is 10.3. The summed E-state index contributed by atoms with van der Waals surface area (Å²) in [4.78, 5) is 10.3. The lowest BCUT2D eigenvalue weighted by atomic mass is 10.1. The van der Waals surface area contributed by atoms with E-state index < -0.39 is 12.1 Å². The number of carboxylic acid groups (broad SMARTS) is 1. The number of unbranched alkanes of at least 4 members (excludes halogenated alkanes) is 4. The minimum absolute atomic E-state index is 0.250. The molecule has 0 bridgehead atoms. The van der Waals surface area contributed by atoms with Crippen molar-refractivity contribution >= 4 is 5.97 Å². The molecule has 0 aromatic heterocycles. The van der Waals surface area contributed by atoms with Crippen molar-refractivity contribution in [3.05, 3.63) is 36.5 Å². The second kappa shape index (κ2) is 14.1. The Balaban J connectivity index is 3.54. The molecule has 0 saturated heterocycles. The molecule has 0 aliphatic rings. The molecular weight excluding hydrogens is 252 g/mol. The topological polar surface area (TPSA) is 57.5 Å². The first-order chi connectivity index (χ1) is 9.66. The highest BCUT2D eigenvalue weighted by Gasteiger charge is 1.94.